The molecule has 0 aliphatic carbocycles. The molecule has 14 heavy (non-hydrogen) atoms. The fourth-order valence-corrected chi connectivity index (χ4v) is 1.63. The van der Waals surface area contributed by atoms with Crippen LogP contribution < -0.4 is 16.4 Å². The van der Waals surface area contributed by atoms with Gasteiger partial charge in [0.2, 0.25) is 0 Å². The van der Waals surface area contributed by atoms with Crippen molar-refractivity contribution in [3.63, 3.8) is 0 Å². The highest BCUT2D eigenvalue weighted by molar-refractivity contribution is 5.34. The Morgan fingerprint density at radius 2 is 2.64 bits per heavy atom. The van der Waals surface area contributed by atoms with Gasteiger partial charge in [0.25, 0.3) is 0 Å². The maximum atomic E-state index is 6.13. The minimum Gasteiger partial charge on any atom is -0.365 e. The van der Waals surface area contributed by atoms with E-state index in [0.29, 0.717) is 0 Å². The minimum atomic E-state index is -0.146. The van der Waals surface area contributed by atoms with E-state index in [1.165, 1.54) is 0 Å². The Bertz CT molecular complexity index is 304. The number of nitrogens with two attached hydrogens (primary N) is 1. The summed E-state index contributed by atoms with van der Waals surface area (Å²) in [5.74, 6) is 1.57. The molecule has 0 radical (unpaired) electrons. The van der Waals surface area contributed by atoms with Crippen molar-refractivity contribution in [3.05, 3.63) is 11.8 Å². The zero-order valence-corrected chi connectivity index (χ0v) is 8.34. The monoisotopic (exact) mass is 196 g/mol. The third-order valence-electron chi connectivity index (χ3n) is 2.53. The lowest BCUT2D eigenvalue weighted by Gasteiger charge is -2.22. The fourth-order valence-electron chi connectivity index (χ4n) is 1.63. The lowest BCUT2D eigenvalue weighted by Crippen LogP contribution is -2.48. The first kappa shape index (κ1) is 9.48. The van der Waals surface area contributed by atoms with Gasteiger partial charge in [0.15, 0.2) is 5.82 Å². The van der Waals surface area contributed by atoms with E-state index in [9.17, 15) is 0 Å². The zero-order valence-electron chi connectivity index (χ0n) is 8.34. The molecule has 1 saturated heterocycles. The molecule has 1 atom stereocenters. The summed E-state index contributed by atoms with van der Waals surface area (Å²) in [5, 5.41) is 10.3. The Hall–Kier alpha value is -1.07. The topological polar surface area (TPSA) is 76.1 Å². The van der Waals surface area contributed by atoms with Gasteiger partial charge in [-0.2, -0.15) is 0 Å². The van der Waals surface area contributed by atoms with Gasteiger partial charge >= 0.3 is 0 Å². The van der Waals surface area contributed by atoms with Gasteiger partial charge in [-0.25, -0.2) is 0 Å². The molecule has 1 aliphatic rings. The number of rotatable bonds is 3. The van der Waals surface area contributed by atoms with Gasteiger partial charge in [-0.05, 0) is 19.9 Å². The molecule has 1 aromatic heterocycles. The lowest BCUT2D eigenvalue weighted by molar-refractivity contribution is 0.398. The van der Waals surface area contributed by atoms with E-state index in [-0.39, 0.29) is 5.54 Å². The van der Waals surface area contributed by atoms with Crippen LogP contribution in [0.5, 0.6) is 0 Å². The molecule has 4 N–H and O–H groups in total. The van der Waals surface area contributed by atoms with E-state index in [1.54, 1.807) is 0 Å². The number of aromatic nitrogens is 1. The highest BCUT2D eigenvalue weighted by atomic mass is 16.5. The van der Waals surface area contributed by atoms with Crippen molar-refractivity contribution in [2.45, 2.75) is 18.9 Å². The minimum absolute atomic E-state index is 0.146. The number of anilines is 1. The van der Waals surface area contributed by atoms with Crippen molar-refractivity contribution >= 4 is 5.82 Å². The summed E-state index contributed by atoms with van der Waals surface area (Å²) in [6.07, 6.45) is 0.997. The summed E-state index contributed by atoms with van der Waals surface area (Å²) < 4.78 is 4.94. The molecule has 0 amide bonds. The molecular weight excluding hydrogens is 180 g/mol. The Kier molecular flexibility index (Phi) is 2.43. The van der Waals surface area contributed by atoms with Crippen LogP contribution in [0.4, 0.5) is 5.82 Å². The molecule has 0 saturated carbocycles. The smallest absolute Gasteiger partial charge is 0.169 e. The lowest BCUT2D eigenvalue weighted by atomic mass is 10.0. The molecule has 2 rings (SSSR count). The summed E-state index contributed by atoms with van der Waals surface area (Å²) >= 11 is 0. The Morgan fingerprint density at radius 1 is 1.79 bits per heavy atom. The quantitative estimate of drug-likeness (QED) is 0.638. The highest BCUT2D eigenvalue weighted by Crippen LogP contribution is 2.13. The molecule has 5 nitrogen and oxygen atoms in total. The van der Waals surface area contributed by atoms with E-state index in [2.05, 4.69) is 15.8 Å². The predicted octanol–water partition coefficient (Wildman–Crippen LogP) is 0.0857. The molecule has 0 spiro atoms. The van der Waals surface area contributed by atoms with Crippen molar-refractivity contribution in [2.24, 2.45) is 5.73 Å². The maximum Gasteiger partial charge on any atom is 0.169 e. The first-order valence-electron chi connectivity index (χ1n) is 4.85. The van der Waals surface area contributed by atoms with Gasteiger partial charge in [-0.1, -0.05) is 5.16 Å². The average Bonchev–Trinajstić information content (AvgIpc) is 2.73. The average molecular weight is 196 g/mol. The standard InChI is InChI=1S/C9H16N4O/c1-7-4-8(13-14-7)12-6-9(10)2-3-11-5-9/h4,11H,2-3,5-6,10H2,1H3,(H,12,13)/t9-/m0/s1. The van der Waals surface area contributed by atoms with Crippen molar-refractivity contribution in [3.8, 4) is 0 Å². The van der Waals surface area contributed by atoms with Gasteiger partial charge in [0.1, 0.15) is 5.76 Å². The Balaban J connectivity index is 1.87. The third kappa shape index (κ3) is 2.05. The molecular formula is C9H16N4O. The molecule has 0 unspecified atom stereocenters. The van der Waals surface area contributed by atoms with Crippen molar-refractivity contribution in [2.75, 3.05) is 25.0 Å². The molecule has 1 aromatic rings. The molecule has 78 valence electrons. The van der Waals surface area contributed by atoms with Crippen LogP contribution in [0.1, 0.15) is 12.2 Å². The molecule has 5 heteroatoms. The number of hydrogen-bond acceptors (Lipinski definition) is 5. The van der Waals surface area contributed by atoms with Crippen molar-refractivity contribution < 1.29 is 4.52 Å². The van der Waals surface area contributed by atoms with Gasteiger partial charge in [0.05, 0.1) is 0 Å². The summed E-state index contributed by atoms with van der Waals surface area (Å²) in [6, 6.07) is 1.87. The van der Waals surface area contributed by atoms with E-state index in [0.717, 1.165) is 37.6 Å². The number of aryl methyl sites for hydroxylation is 1. The van der Waals surface area contributed by atoms with Crippen LogP contribution >= 0.6 is 0 Å². The second-order valence-electron chi connectivity index (χ2n) is 3.97. The Labute approximate surface area is 83.0 Å². The second kappa shape index (κ2) is 3.59. The van der Waals surface area contributed by atoms with Gasteiger partial charge in [-0.15, -0.1) is 0 Å². The van der Waals surface area contributed by atoms with Crippen LogP contribution in [0.25, 0.3) is 0 Å². The van der Waals surface area contributed by atoms with Crippen molar-refractivity contribution in [1.82, 2.24) is 10.5 Å². The van der Waals surface area contributed by atoms with Crippen LogP contribution in [-0.2, 0) is 0 Å². The predicted molar refractivity (Wildman–Crippen MR) is 54.1 cm³/mol. The van der Waals surface area contributed by atoms with Crippen LogP contribution in [0, 0.1) is 6.92 Å². The largest absolute Gasteiger partial charge is 0.365 e. The number of nitrogens with zero attached hydrogens (tertiary/aromatic N) is 1. The Morgan fingerprint density at radius 3 is 3.21 bits per heavy atom. The van der Waals surface area contributed by atoms with E-state index < -0.39 is 0 Å². The fraction of sp³-hybridized carbons (Fsp3) is 0.667. The van der Waals surface area contributed by atoms with Gasteiger partial charge in [0, 0.05) is 24.7 Å². The summed E-state index contributed by atoms with van der Waals surface area (Å²) in [7, 11) is 0. The van der Waals surface area contributed by atoms with Crippen LogP contribution in [-0.4, -0.2) is 30.3 Å². The zero-order chi connectivity index (χ0) is 10.0. The molecule has 1 aliphatic heterocycles. The summed E-state index contributed by atoms with van der Waals surface area (Å²) in [4.78, 5) is 0. The number of nitrogens with one attached hydrogen (secondary N) is 2. The second-order valence-corrected chi connectivity index (χ2v) is 3.97. The van der Waals surface area contributed by atoms with E-state index in [4.69, 9.17) is 10.3 Å². The molecule has 0 bridgehead atoms. The first-order chi connectivity index (χ1) is 6.68. The molecule has 1 fully saturated rings. The van der Waals surface area contributed by atoms with E-state index in [1.807, 2.05) is 13.0 Å². The van der Waals surface area contributed by atoms with Crippen LogP contribution in [0.3, 0.4) is 0 Å². The SMILES string of the molecule is Cc1cc(NC[C@]2(N)CCNC2)no1. The third-order valence-corrected chi connectivity index (χ3v) is 2.53. The molecule has 0 aromatic carbocycles. The molecule has 2 heterocycles. The maximum absolute atomic E-state index is 6.13. The summed E-state index contributed by atoms with van der Waals surface area (Å²) in [6.45, 7) is 4.45. The first-order valence-corrected chi connectivity index (χ1v) is 4.85. The summed E-state index contributed by atoms with van der Waals surface area (Å²) in [5.41, 5.74) is 5.98. The number of hydrogen-bond donors (Lipinski definition) is 3. The van der Waals surface area contributed by atoms with Gasteiger partial charge < -0.3 is 20.9 Å². The van der Waals surface area contributed by atoms with Crippen LogP contribution in [0.15, 0.2) is 10.6 Å². The normalized spacial score (nSPS) is 26.7. The van der Waals surface area contributed by atoms with Crippen molar-refractivity contribution in [1.29, 1.82) is 0 Å². The highest BCUT2D eigenvalue weighted by Gasteiger charge is 2.28. The van der Waals surface area contributed by atoms with Gasteiger partial charge in [-0.3, -0.25) is 0 Å². The van der Waals surface area contributed by atoms with E-state index >= 15 is 0 Å². The van der Waals surface area contributed by atoms with Crippen LogP contribution in [0.2, 0.25) is 0 Å².